The molecule has 0 heterocycles. The van der Waals surface area contributed by atoms with Crippen molar-refractivity contribution in [3.63, 3.8) is 0 Å². The first-order valence-electron chi connectivity index (χ1n) is 4.16. The molecule has 1 atom stereocenters. The Morgan fingerprint density at radius 2 is 1.92 bits per heavy atom. The van der Waals surface area contributed by atoms with E-state index < -0.39 is 15.4 Å². The number of aliphatic hydroxyl groups is 1. The lowest BCUT2D eigenvalue weighted by atomic mass is 10.0. The van der Waals surface area contributed by atoms with Crippen LogP contribution in [-0.2, 0) is 14.6 Å². The molecule has 0 aromatic rings. The molecule has 4 nitrogen and oxygen atoms in total. The third kappa shape index (κ3) is 8.21. The summed E-state index contributed by atoms with van der Waals surface area (Å²) in [5.74, 6) is 0.0176. The van der Waals surface area contributed by atoms with Gasteiger partial charge in [0.25, 0.3) is 0 Å². The van der Waals surface area contributed by atoms with Crippen LogP contribution in [0.3, 0.4) is 0 Å². The van der Waals surface area contributed by atoms with Crippen LogP contribution in [0.4, 0.5) is 0 Å². The molecule has 0 bridgehead atoms. The predicted molar refractivity (Wildman–Crippen MR) is 51.4 cm³/mol. The Morgan fingerprint density at radius 1 is 1.38 bits per heavy atom. The van der Waals surface area contributed by atoms with Crippen molar-refractivity contribution in [2.75, 3.05) is 25.7 Å². The van der Waals surface area contributed by atoms with Gasteiger partial charge in [-0.3, -0.25) is 0 Å². The lowest BCUT2D eigenvalue weighted by Crippen LogP contribution is -2.28. The molecule has 5 heteroatoms. The second-order valence-electron chi connectivity index (χ2n) is 3.62. The van der Waals surface area contributed by atoms with Gasteiger partial charge in [-0.1, -0.05) is 0 Å². The van der Waals surface area contributed by atoms with Crippen molar-refractivity contribution in [1.29, 1.82) is 0 Å². The summed E-state index contributed by atoms with van der Waals surface area (Å²) < 4.78 is 26.4. The molecule has 80 valence electrons. The van der Waals surface area contributed by atoms with Crippen molar-refractivity contribution in [3.8, 4) is 0 Å². The lowest BCUT2D eigenvalue weighted by molar-refractivity contribution is 0.0221. The zero-order valence-electron chi connectivity index (χ0n) is 8.41. The average molecular weight is 210 g/mol. The van der Waals surface area contributed by atoms with E-state index in [4.69, 9.17) is 4.74 Å². The fourth-order valence-electron chi connectivity index (χ4n) is 0.852. The zero-order valence-corrected chi connectivity index (χ0v) is 9.23. The summed E-state index contributed by atoms with van der Waals surface area (Å²) in [5, 5.41) is 9.66. The quantitative estimate of drug-likeness (QED) is 0.680. The number of hydrogen-bond donors (Lipinski definition) is 1. The molecule has 0 aliphatic heterocycles. The van der Waals surface area contributed by atoms with Crippen LogP contribution < -0.4 is 0 Å². The van der Waals surface area contributed by atoms with E-state index in [9.17, 15) is 13.5 Å². The van der Waals surface area contributed by atoms with Gasteiger partial charge in [0.15, 0.2) is 0 Å². The molecular weight excluding hydrogens is 192 g/mol. The summed E-state index contributed by atoms with van der Waals surface area (Å²) in [7, 11) is -1.43. The van der Waals surface area contributed by atoms with Gasteiger partial charge in [-0.25, -0.2) is 8.42 Å². The largest absolute Gasteiger partial charge is 0.390 e. The van der Waals surface area contributed by atoms with E-state index in [2.05, 4.69) is 0 Å². The smallest absolute Gasteiger partial charge is 0.147 e. The molecule has 0 rings (SSSR count). The molecule has 0 saturated heterocycles. The minimum atomic E-state index is -2.98. The van der Waals surface area contributed by atoms with Gasteiger partial charge in [-0.15, -0.1) is 0 Å². The minimum Gasteiger partial charge on any atom is -0.390 e. The SMILES string of the molecule is COCCC(C)(O)CCS(C)(=O)=O. The first kappa shape index (κ1) is 12.9. The molecule has 0 aliphatic carbocycles. The van der Waals surface area contributed by atoms with E-state index in [1.807, 2.05) is 0 Å². The van der Waals surface area contributed by atoms with Crippen LogP contribution in [0.15, 0.2) is 0 Å². The summed E-state index contributed by atoms with van der Waals surface area (Å²) in [4.78, 5) is 0. The van der Waals surface area contributed by atoms with Crippen LogP contribution in [-0.4, -0.2) is 44.9 Å². The molecule has 0 aromatic carbocycles. The summed E-state index contributed by atoms with van der Waals surface area (Å²) >= 11 is 0. The highest BCUT2D eigenvalue weighted by Crippen LogP contribution is 2.15. The van der Waals surface area contributed by atoms with Crippen LogP contribution in [0.1, 0.15) is 19.8 Å². The fraction of sp³-hybridized carbons (Fsp3) is 1.00. The van der Waals surface area contributed by atoms with Crippen molar-refractivity contribution < 1.29 is 18.3 Å². The van der Waals surface area contributed by atoms with Crippen molar-refractivity contribution in [2.24, 2.45) is 0 Å². The van der Waals surface area contributed by atoms with Crippen LogP contribution in [0, 0.1) is 0 Å². The number of hydrogen-bond acceptors (Lipinski definition) is 4. The third-order valence-corrected chi connectivity index (χ3v) is 2.80. The van der Waals surface area contributed by atoms with Crippen molar-refractivity contribution in [1.82, 2.24) is 0 Å². The van der Waals surface area contributed by atoms with E-state index in [-0.39, 0.29) is 12.2 Å². The highest BCUT2D eigenvalue weighted by molar-refractivity contribution is 7.90. The van der Waals surface area contributed by atoms with Gasteiger partial charge in [-0.2, -0.15) is 0 Å². The number of methoxy groups -OCH3 is 1. The summed E-state index contributed by atoms with van der Waals surface area (Å²) in [5.41, 5.74) is -0.945. The van der Waals surface area contributed by atoms with E-state index in [1.165, 1.54) is 6.26 Å². The van der Waals surface area contributed by atoms with Crippen LogP contribution >= 0.6 is 0 Å². The summed E-state index contributed by atoms with van der Waals surface area (Å²) in [6.07, 6.45) is 1.88. The Hall–Kier alpha value is -0.130. The Bertz CT molecular complexity index is 231. The standard InChI is InChI=1S/C8H18O4S/c1-8(9,4-6-12-2)5-7-13(3,10)11/h9H,4-7H2,1-3H3. The molecule has 0 fully saturated rings. The molecule has 13 heavy (non-hydrogen) atoms. The molecule has 0 radical (unpaired) electrons. The lowest BCUT2D eigenvalue weighted by Gasteiger charge is -2.22. The fourth-order valence-corrected chi connectivity index (χ4v) is 1.66. The highest BCUT2D eigenvalue weighted by atomic mass is 32.2. The topological polar surface area (TPSA) is 63.6 Å². The molecule has 0 spiro atoms. The van der Waals surface area contributed by atoms with Crippen LogP contribution in [0.25, 0.3) is 0 Å². The van der Waals surface area contributed by atoms with Gasteiger partial charge in [0.2, 0.25) is 0 Å². The van der Waals surface area contributed by atoms with E-state index in [0.29, 0.717) is 13.0 Å². The second-order valence-corrected chi connectivity index (χ2v) is 5.88. The number of sulfone groups is 1. The molecule has 0 saturated carbocycles. The van der Waals surface area contributed by atoms with E-state index in [0.717, 1.165) is 0 Å². The molecular formula is C8H18O4S. The molecule has 1 unspecified atom stereocenters. The average Bonchev–Trinajstić information content (AvgIpc) is 1.97. The normalized spacial score (nSPS) is 16.9. The Labute approximate surface area is 79.8 Å². The van der Waals surface area contributed by atoms with Crippen molar-refractivity contribution in [2.45, 2.75) is 25.4 Å². The number of ether oxygens (including phenoxy) is 1. The maximum atomic E-state index is 10.8. The molecule has 0 amide bonds. The van der Waals surface area contributed by atoms with E-state index >= 15 is 0 Å². The molecule has 1 N–H and O–H groups in total. The Morgan fingerprint density at radius 3 is 2.31 bits per heavy atom. The van der Waals surface area contributed by atoms with Crippen LogP contribution in [0.5, 0.6) is 0 Å². The minimum absolute atomic E-state index is 0.0176. The summed E-state index contributed by atoms with van der Waals surface area (Å²) in [6, 6.07) is 0. The third-order valence-electron chi connectivity index (χ3n) is 1.86. The van der Waals surface area contributed by atoms with Gasteiger partial charge in [0, 0.05) is 20.0 Å². The molecule has 0 aromatic heterocycles. The van der Waals surface area contributed by atoms with E-state index in [1.54, 1.807) is 14.0 Å². The first-order valence-corrected chi connectivity index (χ1v) is 6.22. The van der Waals surface area contributed by atoms with Gasteiger partial charge in [0.05, 0.1) is 11.4 Å². The van der Waals surface area contributed by atoms with Crippen molar-refractivity contribution >= 4 is 9.84 Å². The first-order chi connectivity index (χ1) is 5.77. The Kier molecular flexibility index (Phi) is 4.88. The monoisotopic (exact) mass is 210 g/mol. The van der Waals surface area contributed by atoms with Crippen LogP contribution in [0.2, 0.25) is 0 Å². The second kappa shape index (κ2) is 4.93. The van der Waals surface area contributed by atoms with Gasteiger partial charge >= 0.3 is 0 Å². The van der Waals surface area contributed by atoms with Gasteiger partial charge in [0.1, 0.15) is 9.84 Å². The summed E-state index contributed by atoms with van der Waals surface area (Å²) in [6.45, 7) is 2.06. The molecule has 0 aliphatic rings. The zero-order chi connectivity index (χ0) is 10.5. The highest BCUT2D eigenvalue weighted by Gasteiger charge is 2.21. The predicted octanol–water partition coefficient (Wildman–Crippen LogP) is 0.209. The van der Waals surface area contributed by atoms with Gasteiger partial charge < -0.3 is 9.84 Å². The number of rotatable bonds is 6. The van der Waals surface area contributed by atoms with Gasteiger partial charge in [-0.05, 0) is 19.8 Å². The van der Waals surface area contributed by atoms with Crippen molar-refractivity contribution in [3.05, 3.63) is 0 Å². The maximum Gasteiger partial charge on any atom is 0.147 e. The Balaban J connectivity index is 3.89. The maximum absolute atomic E-state index is 10.8.